The summed E-state index contributed by atoms with van der Waals surface area (Å²) in [5.41, 5.74) is 8.58. The van der Waals surface area contributed by atoms with Gasteiger partial charge >= 0.3 is 5.97 Å². The van der Waals surface area contributed by atoms with Gasteiger partial charge in [0.15, 0.2) is 0 Å². The van der Waals surface area contributed by atoms with E-state index in [1.165, 1.54) is 4.90 Å². The first-order valence-corrected chi connectivity index (χ1v) is 26.0. The highest BCUT2D eigenvalue weighted by atomic mass is 35.5. The number of nitrogens with one attached hydrogen (secondary N) is 2. The molecule has 0 bridgehead atoms. The molecule has 8 rings (SSSR count). The smallest absolute Gasteiger partial charge is 0.338 e. The second kappa shape index (κ2) is 21.2. The number of aliphatic hydroxyl groups excluding tert-OH is 1. The van der Waals surface area contributed by atoms with Gasteiger partial charge in [-0.05, 0) is 143 Å². The summed E-state index contributed by atoms with van der Waals surface area (Å²) >= 11 is 8.08. The van der Waals surface area contributed by atoms with Crippen molar-refractivity contribution in [3.8, 4) is 22.4 Å². The van der Waals surface area contributed by atoms with Crippen LogP contribution in [-0.2, 0) is 10.0 Å². The lowest BCUT2D eigenvalue weighted by atomic mass is 9.96. The SMILES string of the molecule is Cc1cc(S(=O)(=O)Nc2ccc(N3CCN(c4cccc(-c5c(C(=O)O)c(C)n(C(C)C)c5-c5ccc(Cl)cc5)c4)CC3)cc2)ccc1N[C@H](CCN1CCC(O)CC1)CSc1ccccc1. The molecule has 5 aromatic carbocycles. The molecule has 2 fully saturated rings. The number of carbonyl (C=O) groups is 1. The van der Waals surface area contributed by atoms with Crippen molar-refractivity contribution in [2.45, 2.75) is 74.9 Å². The first-order chi connectivity index (χ1) is 32.2. The Morgan fingerprint density at radius 1 is 0.791 bits per heavy atom. The van der Waals surface area contributed by atoms with E-state index in [0.717, 1.165) is 110 Å². The summed E-state index contributed by atoms with van der Waals surface area (Å²) in [4.78, 5) is 21.3. The Morgan fingerprint density at radius 2 is 1.46 bits per heavy atom. The molecule has 2 aliphatic heterocycles. The number of likely N-dealkylation sites (tertiary alicyclic amines) is 1. The first kappa shape index (κ1) is 48.0. The van der Waals surface area contributed by atoms with Crippen LogP contribution in [-0.4, -0.2) is 97.8 Å². The summed E-state index contributed by atoms with van der Waals surface area (Å²) < 4.78 is 32.3. The quantitative estimate of drug-likeness (QED) is 0.0656. The van der Waals surface area contributed by atoms with E-state index in [4.69, 9.17) is 11.6 Å². The van der Waals surface area contributed by atoms with Gasteiger partial charge in [0.25, 0.3) is 10.0 Å². The molecule has 11 nitrogen and oxygen atoms in total. The standard InChI is InChI=1S/C53H61ClN6O5S2/c1-36(2)60-38(4)50(53(62)63)51(52(60)39-13-15-41(54)16-14-39)40-9-8-10-45(34-40)59-31-29-58(30-32-59)44-19-17-42(18-20-44)56-67(64,65)48-21-22-49(37(3)33-48)55-43(35-66-47-11-6-5-7-12-47)23-26-57-27-24-46(61)25-28-57/h5-22,33-34,36,43,46,55-56,61H,23-32,35H2,1-4H3,(H,62,63)/t43-/m1/s1. The number of carboxylic acid groups (broad SMARTS) is 1. The van der Waals surface area contributed by atoms with Gasteiger partial charge in [-0.2, -0.15) is 0 Å². The summed E-state index contributed by atoms with van der Waals surface area (Å²) in [6.45, 7) is 13.7. The number of rotatable bonds is 17. The number of aromatic carboxylic acids is 1. The third-order valence-corrected chi connectivity index (χ3v) is 15.8. The van der Waals surface area contributed by atoms with Crippen LogP contribution in [0.2, 0.25) is 5.02 Å². The van der Waals surface area contributed by atoms with Crippen LogP contribution < -0.4 is 19.8 Å². The van der Waals surface area contributed by atoms with E-state index in [0.29, 0.717) is 27.5 Å². The zero-order chi connectivity index (χ0) is 47.2. The maximum Gasteiger partial charge on any atom is 0.338 e. The van der Waals surface area contributed by atoms with E-state index in [1.54, 1.807) is 12.1 Å². The average molecular weight is 962 g/mol. The van der Waals surface area contributed by atoms with Gasteiger partial charge in [0, 0.05) is 108 Å². The maximum atomic E-state index is 13.7. The van der Waals surface area contributed by atoms with Gasteiger partial charge in [-0.3, -0.25) is 4.72 Å². The fourth-order valence-electron chi connectivity index (χ4n) is 9.40. The summed E-state index contributed by atoms with van der Waals surface area (Å²) in [6.07, 6.45) is 2.34. The van der Waals surface area contributed by atoms with E-state index >= 15 is 0 Å². The van der Waals surface area contributed by atoms with E-state index in [-0.39, 0.29) is 23.1 Å². The number of piperidine rings is 1. The molecule has 0 aliphatic carbocycles. The molecule has 0 unspecified atom stereocenters. The van der Waals surface area contributed by atoms with Gasteiger partial charge in [0.05, 0.1) is 22.3 Å². The van der Waals surface area contributed by atoms with Gasteiger partial charge in [0.1, 0.15) is 0 Å². The van der Waals surface area contributed by atoms with Crippen molar-refractivity contribution in [3.63, 3.8) is 0 Å². The summed E-state index contributed by atoms with van der Waals surface area (Å²) in [5.74, 6) is -0.0997. The van der Waals surface area contributed by atoms with Gasteiger partial charge in [-0.1, -0.05) is 54.1 Å². The number of thioether (sulfide) groups is 1. The monoisotopic (exact) mass is 960 g/mol. The Hall–Kier alpha value is -5.44. The van der Waals surface area contributed by atoms with Crippen molar-refractivity contribution < 1.29 is 23.4 Å². The molecular weight excluding hydrogens is 900 g/mol. The van der Waals surface area contributed by atoms with Crippen LogP contribution >= 0.6 is 23.4 Å². The predicted molar refractivity (Wildman–Crippen MR) is 276 cm³/mol. The molecular formula is C53H61ClN6O5S2. The molecule has 1 aromatic heterocycles. The van der Waals surface area contributed by atoms with E-state index in [9.17, 15) is 23.4 Å². The number of benzene rings is 5. The minimum Gasteiger partial charge on any atom is -0.478 e. The number of hydrogen-bond acceptors (Lipinski definition) is 9. The summed E-state index contributed by atoms with van der Waals surface area (Å²) in [5, 5.41) is 24.9. The number of aliphatic hydroxyl groups is 1. The average Bonchev–Trinajstić information content (AvgIpc) is 3.65. The number of piperazine rings is 1. The predicted octanol–water partition coefficient (Wildman–Crippen LogP) is 10.9. The van der Waals surface area contributed by atoms with Crippen molar-refractivity contribution in [2.75, 3.05) is 71.4 Å². The van der Waals surface area contributed by atoms with Gasteiger partial charge in [0.2, 0.25) is 0 Å². The normalized spacial score (nSPS) is 15.5. The summed E-state index contributed by atoms with van der Waals surface area (Å²) in [7, 11) is -3.86. The maximum absolute atomic E-state index is 13.7. The van der Waals surface area contributed by atoms with Crippen LogP contribution in [0.15, 0.2) is 131 Å². The van der Waals surface area contributed by atoms with Gasteiger partial charge in [-0.25, -0.2) is 13.2 Å². The van der Waals surface area contributed by atoms with Crippen molar-refractivity contribution >= 4 is 62.1 Å². The lowest BCUT2D eigenvalue weighted by Gasteiger charge is -2.37. The topological polar surface area (TPSA) is 130 Å². The molecule has 4 N–H and O–H groups in total. The van der Waals surface area contributed by atoms with Gasteiger partial charge < -0.3 is 34.8 Å². The fourth-order valence-corrected chi connectivity index (χ4v) is 11.7. The van der Waals surface area contributed by atoms with Crippen LogP contribution in [0.25, 0.3) is 22.4 Å². The Kier molecular flexibility index (Phi) is 15.2. The Balaban J connectivity index is 0.905. The van der Waals surface area contributed by atoms with Crippen LogP contribution in [0.5, 0.6) is 0 Å². The van der Waals surface area contributed by atoms with E-state index in [2.05, 4.69) is 79.6 Å². The van der Waals surface area contributed by atoms with Crippen molar-refractivity contribution in [3.05, 3.63) is 143 Å². The van der Waals surface area contributed by atoms with Crippen LogP contribution in [0.1, 0.15) is 60.8 Å². The highest BCUT2D eigenvalue weighted by Gasteiger charge is 2.29. The van der Waals surface area contributed by atoms with Crippen molar-refractivity contribution in [2.24, 2.45) is 0 Å². The molecule has 14 heteroatoms. The third-order valence-electron chi connectivity index (χ3n) is 13.0. The number of sulfonamides is 1. The lowest BCUT2D eigenvalue weighted by molar-refractivity contribution is 0.0696. The zero-order valence-corrected chi connectivity index (χ0v) is 41.0. The highest BCUT2D eigenvalue weighted by Crippen LogP contribution is 2.42. The Labute approximate surface area is 404 Å². The number of aryl methyl sites for hydroxylation is 1. The minimum absolute atomic E-state index is 0.0276. The number of halogens is 1. The number of carboxylic acids is 1. The van der Waals surface area contributed by atoms with Crippen LogP contribution in [0.3, 0.4) is 0 Å². The third kappa shape index (κ3) is 11.5. The molecule has 3 heterocycles. The number of hydrogen-bond donors (Lipinski definition) is 4. The summed E-state index contributed by atoms with van der Waals surface area (Å²) in [6, 6.07) is 39.1. The molecule has 0 spiro atoms. The highest BCUT2D eigenvalue weighted by molar-refractivity contribution is 7.99. The van der Waals surface area contributed by atoms with Crippen LogP contribution in [0.4, 0.5) is 22.7 Å². The molecule has 352 valence electrons. The molecule has 2 aliphatic rings. The molecule has 0 saturated carbocycles. The largest absolute Gasteiger partial charge is 0.478 e. The number of anilines is 4. The second-order valence-electron chi connectivity index (χ2n) is 17.9. The lowest BCUT2D eigenvalue weighted by Crippen LogP contribution is -2.46. The van der Waals surface area contributed by atoms with Gasteiger partial charge in [-0.15, -0.1) is 11.8 Å². The zero-order valence-electron chi connectivity index (χ0n) is 38.7. The molecule has 1 atom stereocenters. The van der Waals surface area contributed by atoms with Crippen molar-refractivity contribution in [1.82, 2.24) is 9.47 Å². The molecule has 0 amide bonds. The first-order valence-electron chi connectivity index (χ1n) is 23.2. The fraction of sp³-hybridized carbons (Fsp3) is 0.340. The minimum atomic E-state index is -3.86. The molecule has 2 saturated heterocycles. The van der Waals surface area contributed by atoms with E-state index in [1.807, 2.05) is 98.4 Å². The molecule has 0 radical (unpaired) electrons. The van der Waals surface area contributed by atoms with E-state index < -0.39 is 16.0 Å². The Bertz CT molecular complexity index is 2750. The van der Waals surface area contributed by atoms with Crippen LogP contribution in [0, 0.1) is 13.8 Å². The Morgan fingerprint density at radius 3 is 2.10 bits per heavy atom. The molecule has 67 heavy (non-hydrogen) atoms. The second-order valence-corrected chi connectivity index (χ2v) is 21.2. The number of nitrogens with zero attached hydrogens (tertiary/aromatic N) is 4. The van der Waals surface area contributed by atoms with Crippen molar-refractivity contribution in [1.29, 1.82) is 0 Å². The molecule has 6 aromatic rings. The number of aromatic nitrogens is 1.